The van der Waals surface area contributed by atoms with Crippen LogP contribution in [0, 0.1) is 0 Å². The number of halogens is 1. The van der Waals surface area contributed by atoms with Gasteiger partial charge in [0, 0.05) is 12.6 Å². The summed E-state index contributed by atoms with van der Waals surface area (Å²) in [5, 5.41) is 3.58. The highest BCUT2D eigenvalue weighted by Gasteiger charge is 2.08. The van der Waals surface area contributed by atoms with E-state index in [-0.39, 0.29) is 12.4 Å². The highest BCUT2D eigenvalue weighted by molar-refractivity contribution is 5.85. The van der Waals surface area contributed by atoms with E-state index in [1.165, 1.54) is 11.1 Å². The Labute approximate surface area is 121 Å². The molecule has 0 bridgehead atoms. The quantitative estimate of drug-likeness (QED) is 0.764. The highest BCUT2D eigenvalue weighted by atomic mass is 35.5. The van der Waals surface area contributed by atoms with E-state index >= 15 is 0 Å². The summed E-state index contributed by atoms with van der Waals surface area (Å²) >= 11 is 0. The third-order valence-electron chi connectivity index (χ3n) is 3.00. The molecule has 100 valence electrons. The summed E-state index contributed by atoms with van der Waals surface area (Å²) in [5.74, 6) is 0. The molecule has 0 heterocycles. The van der Waals surface area contributed by atoms with Gasteiger partial charge in [0.15, 0.2) is 0 Å². The summed E-state index contributed by atoms with van der Waals surface area (Å²) in [6.45, 7) is 4.72. The molecular formula is C17H20ClN. The molecule has 0 aromatic heterocycles. The summed E-state index contributed by atoms with van der Waals surface area (Å²) in [6.07, 6.45) is 2.91. The van der Waals surface area contributed by atoms with Gasteiger partial charge < -0.3 is 5.32 Å². The number of hydrogen-bond acceptors (Lipinski definition) is 1. The van der Waals surface area contributed by atoms with Crippen LogP contribution in [0.4, 0.5) is 0 Å². The lowest BCUT2D eigenvalue weighted by Crippen LogP contribution is -2.20. The Morgan fingerprint density at radius 3 is 2.11 bits per heavy atom. The first-order valence-electron chi connectivity index (χ1n) is 6.33. The number of benzene rings is 2. The zero-order valence-electron chi connectivity index (χ0n) is 11.0. The van der Waals surface area contributed by atoms with Gasteiger partial charge in [-0.15, -0.1) is 19.0 Å². The van der Waals surface area contributed by atoms with Gasteiger partial charge in [0.1, 0.15) is 0 Å². The van der Waals surface area contributed by atoms with Crippen molar-refractivity contribution in [2.45, 2.75) is 19.0 Å². The summed E-state index contributed by atoms with van der Waals surface area (Å²) < 4.78 is 0. The van der Waals surface area contributed by atoms with Crippen molar-refractivity contribution in [1.82, 2.24) is 5.32 Å². The SMILES string of the molecule is C=CCC(NCc1ccccc1)c1ccccc1.Cl. The van der Waals surface area contributed by atoms with Gasteiger partial charge in [0.25, 0.3) is 0 Å². The second-order valence-corrected chi connectivity index (χ2v) is 4.35. The maximum atomic E-state index is 3.84. The van der Waals surface area contributed by atoms with E-state index in [0.717, 1.165) is 13.0 Å². The zero-order chi connectivity index (χ0) is 12.6. The highest BCUT2D eigenvalue weighted by Crippen LogP contribution is 2.17. The first-order valence-corrected chi connectivity index (χ1v) is 6.33. The first kappa shape index (κ1) is 15.5. The van der Waals surface area contributed by atoms with E-state index in [0.29, 0.717) is 6.04 Å². The van der Waals surface area contributed by atoms with Crippen LogP contribution in [-0.2, 0) is 6.54 Å². The molecule has 0 aliphatic carbocycles. The summed E-state index contributed by atoms with van der Waals surface area (Å²) in [6, 6.07) is 21.3. The van der Waals surface area contributed by atoms with Crippen LogP contribution in [0.25, 0.3) is 0 Å². The molecule has 0 saturated heterocycles. The largest absolute Gasteiger partial charge is 0.306 e. The van der Waals surface area contributed by atoms with Crippen LogP contribution < -0.4 is 5.32 Å². The molecule has 0 aliphatic heterocycles. The average molecular weight is 274 g/mol. The number of hydrogen-bond donors (Lipinski definition) is 1. The van der Waals surface area contributed by atoms with Crippen LogP contribution in [0.5, 0.6) is 0 Å². The third-order valence-corrected chi connectivity index (χ3v) is 3.00. The molecule has 2 rings (SSSR count). The van der Waals surface area contributed by atoms with Gasteiger partial charge >= 0.3 is 0 Å². The predicted molar refractivity (Wildman–Crippen MR) is 84.5 cm³/mol. The van der Waals surface area contributed by atoms with Crippen molar-refractivity contribution in [2.75, 3.05) is 0 Å². The Kier molecular flexibility index (Phi) is 6.94. The Morgan fingerprint density at radius 1 is 0.947 bits per heavy atom. The van der Waals surface area contributed by atoms with Gasteiger partial charge in [-0.1, -0.05) is 66.7 Å². The predicted octanol–water partition coefficient (Wildman–Crippen LogP) is 4.52. The van der Waals surface area contributed by atoms with E-state index in [2.05, 4.69) is 60.4 Å². The fourth-order valence-electron chi connectivity index (χ4n) is 2.03. The molecule has 1 atom stereocenters. The molecule has 0 aliphatic rings. The van der Waals surface area contributed by atoms with E-state index in [1.54, 1.807) is 0 Å². The molecule has 19 heavy (non-hydrogen) atoms. The zero-order valence-corrected chi connectivity index (χ0v) is 11.8. The molecule has 1 unspecified atom stereocenters. The molecule has 2 aromatic rings. The van der Waals surface area contributed by atoms with Crippen LogP contribution >= 0.6 is 12.4 Å². The molecule has 0 fully saturated rings. The topological polar surface area (TPSA) is 12.0 Å². The van der Waals surface area contributed by atoms with Crippen LogP contribution in [-0.4, -0.2) is 0 Å². The van der Waals surface area contributed by atoms with Crippen molar-refractivity contribution in [2.24, 2.45) is 0 Å². The Bertz CT molecular complexity index is 467. The molecule has 0 amide bonds. The van der Waals surface area contributed by atoms with Gasteiger partial charge in [0.05, 0.1) is 0 Å². The molecule has 0 saturated carbocycles. The van der Waals surface area contributed by atoms with Gasteiger partial charge in [-0.2, -0.15) is 0 Å². The molecule has 2 aromatic carbocycles. The molecule has 0 radical (unpaired) electrons. The van der Waals surface area contributed by atoms with Crippen LogP contribution in [0.2, 0.25) is 0 Å². The van der Waals surface area contributed by atoms with Gasteiger partial charge in [-0.05, 0) is 17.5 Å². The number of rotatable bonds is 6. The maximum Gasteiger partial charge on any atom is 0.0357 e. The van der Waals surface area contributed by atoms with Crippen molar-refractivity contribution >= 4 is 12.4 Å². The molecule has 1 nitrogen and oxygen atoms in total. The van der Waals surface area contributed by atoms with Crippen LogP contribution in [0.1, 0.15) is 23.6 Å². The molecule has 0 spiro atoms. The third kappa shape index (κ3) is 4.90. The Hall–Kier alpha value is -1.57. The first-order chi connectivity index (χ1) is 8.90. The van der Waals surface area contributed by atoms with Gasteiger partial charge in [-0.25, -0.2) is 0 Å². The monoisotopic (exact) mass is 273 g/mol. The lowest BCUT2D eigenvalue weighted by atomic mass is 10.0. The van der Waals surface area contributed by atoms with E-state index < -0.39 is 0 Å². The molecule has 2 heteroatoms. The van der Waals surface area contributed by atoms with E-state index in [4.69, 9.17) is 0 Å². The average Bonchev–Trinajstić information content (AvgIpc) is 2.45. The normalized spacial score (nSPS) is 11.4. The molecular weight excluding hydrogens is 254 g/mol. The Balaban J connectivity index is 0.00000180. The summed E-state index contributed by atoms with van der Waals surface area (Å²) in [7, 11) is 0. The second kappa shape index (κ2) is 8.52. The van der Waals surface area contributed by atoms with E-state index in [9.17, 15) is 0 Å². The Morgan fingerprint density at radius 2 is 1.53 bits per heavy atom. The van der Waals surface area contributed by atoms with Crippen LogP contribution in [0.3, 0.4) is 0 Å². The number of nitrogens with one attached hydrogen (secondary N) is 1. The minimum absolute atomic E-state index is 0. The molecule has 1 N–H and O–H groups in total. The smallest absolute Gasteiger partial charge is 0.0357 e. The minimum Gasteiger partial charge on any atom is -0.306 e. The fraction of sp³-hybridized carbons (Fsp3) is 0.176. The van der Waals surface area contributed by atoms with Gasteiger partial charge in [-0.3, -0.25) is 0 Å². The van der Waals surface area contributed by atoms with Crippen molar-refractivity contribution in [3.8, 4) is 0 Å². The summed E-state index contributed by atoms with van der Waals surface area (Å²) in [5.41, 5.74) is 2.62. The summed E-state index contributed by atoms with van der Waals surface area (Å²) in [4.78, 5) is 0. The van der Waals surface area contributed by atoms with Crippen molar-refractivity contribution < 1.29 is 0 Å². The standard InChI is InChI=1S/C17H19N.ClH/c1-2-9-17(16-12-7-4-8-13-16)18-14-15-10-5-3-6-11-15;/h2-8,10-13,17-18H,1,9,14H2;1H. The lowest BCUT2D eigenvalue weighted by molar-refractivity contribution is 0.539. The van der Waals surface area contributed by atoms with E-state index in [1.807, 2.05) is 18.2 Å². The van der Waals surface area contributed by atoms with Crippen molar-refractivity contribution in [3.63, 3.8) is 0 Å². The van der Waals surface area contributed by atoms with Gasteiger partial charge in [0.2, 0.25) is 0 Å². The fourth-order valence-corrected chi connectivity index (χ4v) is 2.03. The second-order valence-electron chi connectivity index (χ2n) is 4.35. The maximum absolute atomic E-state index is 3.84. The minimum atomic E-state index is 0. The van der Waals surface area contributed by atoms with Crippen LogP contribution in [0.15, 0.2) is 73.3 Å². The van der Waals surface area contributed by atoms with Crippen molar-refractivity contribution in [3.05, 3.63) is 84.4 Å². The lowest BCUT2D eigenvalue weighted by Gasteiger charge is -2.17. The van der Waals surface area contributed by atoms with Crippen molar-refractivity contribution in [1.29, 1.82) is 0 Å².